The molecule has 8 nitrogen and oxygen atoms in total. The number of aliphatic carboxylic acids is 1. The van der Waals surface area contributed by atoms with Gasteiger partial charge in [-0.05, 0) is 18.2 Å². The fourth-order valence-corrected chi connectivity index (χ4v) is 1.49. The van der Waals surface area contributed by atoms with Gasteiger partial charge in [-0.3, -0.25) is 10.1 Å². The van der Waals surface area contributed by atoms with Gasteiger partial charge in [0.25, 0.3) is 5.69 Å². The van der Waals surface area contributed by atoms with Crippen LogP contribution in [0.5, 0.6) is 0 Å². The molecule has 0 fully saturated rings. The van der Waals surface area contributed by atoms with Gasteiger partial charge in [-0.15, -0.1) is 0 Å². The number of hydrogen-bond acceptors (Lipinski definition) is 5. The number of rotatable bonds is 4. The van der Waals surface area contributed by atoms with Crippen LogP contribution in [0.15, 0.2) is 36.9 Å². The second-order valence-electron chi connectivity index (χ2n) is 3.51. The van der Waals surface area contributed by atoms with E-state index >= 15 is 0 Å². The van der Waals surface area contributed by atoms with Crippen molar-refractivity contribution in [3.8, 4) is 5.69 Å². The predicted molar refractivity (Wildman–Crippen MR) is 64.7 cm³/mol. The topological polar surface area (TPSA) is 111 Å². The van der Waals surface area contributed by atoms with Crippen molar-refractivity contribution in [1.29, 1.82) is 0 Å². The Bertz CT molecular complexity index is 649. The van der Waals surface area contributed by atoms with Gasteiger partial charge >= 0.3 is 5.97 Å². The molecular weight excluding hydrogens is 252 g/mol. The smallest absolute Gasteiger partial charge is 0.328 e. The molecule has 8 heteroatoms. The summed E-state index contributed by atoms with van der Waals surface area (Å²) in [6, 6.07) is 4.26. The van der Waals surface area contributed by atoms with Gasteiger partial charge in [0, 0.05) is 12.1 Å². The molecule has 0 bridgehead atoms. The van der Waals surface area contributed by atoms with Gasteiger partial charge in [0.15, 0.2) is 0 Å². The van der Waals surface area contributed by atoms with Crippen LogP contribution in [-0.2, 0) is 4.79 Å². The number of aromatic nitrogens is 3. The van der Waals surface area contributed by atoms with E-state index in [0.717, 1.165) is 6.08 Å². The Morgan fingerprint density at radius 1 is 1.47 bits per heavy atom. The summed E-state index contributed by atoms with van der Waals surface area (Å²) in [6.07, 6.45) is 4.77. The summed E-state index contributed by atoms with van der Waals surface area (Å²) in [4.78, 5) is 24.5. The van der Waals surface area contributed by atoms with Crippen LogP contribution in [0.1, 0.15) is 5.56 Å². The molecule has 0 saturated heterocycles. The average molecular weight is 260 g/mol. The van der Waals surface area contributed by atoms with Crippen molar-refractivity contribution < 1.29 is 14.8 Å². The van der Waals surface area contributed by atoms with E-state index in [1.165, 1.54) is 41.6 Å². The standard InChI is InChI=1S/C11H8N4O4/c16-11(17)4-1-8-5-9(14-7-12-6-13-14)2-3-10(8)15(18)19/h1-7H,(H,16,17)/b4-1+. The molecule has 0 aliphatic rings. The number of carboxylic acids is 1. The fraction of sp³-hybridized carbons (Fsp3) is 0. The third-order valence-corrected chi connectivity index (χ3v) is 2.30. The molecule has 1 aromatic carbocycles. The Labute approximate surface area is 106 Å². The van der Waals surface area contributed by atoms with E-state index in [0.29, 0.717) is 5.69 Å². The third-order valence-electron chi connectivity index (χ3n) is 2.30. The molecule has 0 aliphatic carbocycles. The van der Waals surface area contributed by atoms with E-state index in [4.69, 9.17) is 5.11 Å². The summed E-state index contributed by atoms with van der Waals surface area (Å²) in [5.74, 6) is -1.18. The molecule has 0 atom stereocenters. The lowest BCUT2D eigenvalue weighted by Gasteiger charge is -2.02. The first-order chi connectivity index (χ1) is 9.08. The zero-order valence-corrected chi connectivity index (χ0v) is 9.50. The molecule has 2 aromatic rings. The van der Waals surface area contributed by atoms with Crippen LogP contribution in [0.4, 0.5) is 5.69 Å². The van der Waals surface area contributed by atoms with E-state index < -0.39 is 10.9 Å². The molecule has 1 aromatic heterocycles. The lowest BCUT2D eigenvalue weighted by Crippen LogP contribution is -1.98. The average Bonchev–Trinajstić information content (AvgIpc) is 2.89. The second kappa shape index (κ2) is 5.08. The van der Waals surface area contributed by atoms with Crippen LogP contribution < -0.4 is 0 Å². The largest absolute Gasteiger partial charge is 0.478 e. The molecule has 0 radical (unpaired) electrons. The molecule has 0 amide bonds. The van der Waals surface area contributed by atoms with Crippen LogP contribution in [-0.4, -0.2) is 30.8 Å². The summed E-state index contributed by atoms with van der Waals surface area (Å²) in [6.45, 7) is 0. The lowest BCUT2D eigenvalue weighted by atomic mass is 10.1. The van der Waals surface area contributed by atoms with Crippen molar-refractivity contribution in [3.05, 3.63) is 52.6 Å². The van der Waals surface area contributed by atoms with Crippen molar-refractivity contribution in [1.82, 2.24) is 14.8 Å². The van der Waals surface area contributed by atoms with E-state index in [9.17, 15) is 14.9 Å². The molecule has 1 N–H and O–H groups in total. The van der Waals surface area contributed by atoms with Crippen LogP contribution in [0.3, 0.4) is 0 Å². The first kappa shape index (κ1) is 12.4. The molecular formula is C11H8N4O4. The minimum Gasteiger partial charge on any atom is -0.478 e. The van der Waals surface area contributed by atoms with Crippen LogP contribution in [0.25, 0.3) is 11.8 Å². The summed E-state index contributed by atoms with van der Waals surface area (Å²) in [5.41, 5.74) is 0.551. The van der Waals surface area contributed by atoms with E-state index in [2.05, 4.69) is 10.1 Å². The van der Waals surface area contributed by atoms with Crippen molar-refractivity contribution in [2.45, 2.75) is 0 Å². The number of nitro benzene ring substituents is 1. The normalized spacial score (nSPS) is 10.7. The van der Waals surface area contributed by atoms with Gasteiger partial charge in [0.1, 0.15) is 12.7 Å². The SMILES string of the molecule is O=C(O)/C=C/c1cc(-n2cncn2)ccc1[N+](=O)[O-]. The molecule has 1 heterocycles. The van der Waals surface area contributed by atoms with Gasteiger partial charge in [0.2, 0.25) is 0 Å². The number of nitrogens with zero attached hydrogens (tertiary/aromatic N) is 4. The first-order valence-corrected chi connectivity index (χ1v) is 5.12. The Balaban J connectivity index is 2.50. The van der Waals surface area contributed by atoms with Crippen molar-refractivity contribution in [3.63, 3.8) is 0 Å². The van der Waals surface area contributed by atoms with Gasteiger partial charge in [-0.1, -0.05) is 0 Å². The van der Waals surface area contributed by atoms with Crippen molar-refractivity contribution in [2.24, 2.45) is 0 Å². The van der Waals surface area contributed by atoms with Gasteiger partial charge < -0.3 is 5.11 Å². The maximum absolute atomic E-state index is 10.9. The molecule has 96 valence electrons. The Morgan fingerprint density at radius 3 is 2.84 bits per heavy atom. The molecule has 19 heavy (non-hydrogen) atoms. The number of carboxylic acid groups (broad SMARTS) is 1. The fourth-order valence-electron chi connectivity index (χ4n) is 1.49. The molecule has 0 unspecified atom stereocenters. The van der Waals surface area contributed by atoms with E-state index in [1.807, 2.05) is 0 Å². The summed E-state index contributed by atoms with van der Waals surface area (Å²) in [7, 11) is 0. The van der Waals surface area contributed by atoms with Crippen molar-refractivity contribution >= 4 is 17.7 Å². The second-order valence-corrected chi connectivity index (χ2v) is 3.51. The van der Waals surface area contributed by atoms with Crippen molar-refractivity contribution in [2.75, 3.05) is 0 Å². The molecule has 0 saturated carbocycles. The highest BCUT2D eigenvalue weighted by molar-refractivity contribution is 5.86. The van der Waals surface area contributed by atoms with Crippen LogP contribution in [0.2, 0.25) is 0 Å². The summed E-state index contributed by atoms with van der Waals surface area (Å²) >= 11 is 0. The Morgan fingerprint density at radius 2 is 2.26 bits per heavy atom. The maximum atomic E-state index is 10.9. The van der Waals surface area contributed by atoms with Gasteiger partial charge in [-0.2, -0.15) is 5.10 Å². The Kier molecular flexibility index (Phi) is 3.33. The zero-order chi connectivity index (χ0) is 13.8. The molecule has 0 spiro atoms. The molecule has 2 rings (SSSR count). The lowest BCUT2D eigenvalue weighted by molar-refractivity contribution is -0.385. The third kappa shape index (κ3) is 2.80. The highest BCUT2D eigenvalue weighted by Crippen LogP contribution is 2.22. The first-order valence-electron chi connectivity index (χ1n) is 5.12. The highest BCUT2D eigenvalue weighted by atomic mass is 16.6. The van der Waals surface area contributed by atoms with E-state index in [1.54, 1.807) is 0 Å². The van der Waals surface area contributed by atoms with Crippen LogP contribution >= 0.6 is 0 Å². The maximum Gasteiger partial charge on any atom is 0.328 e. The number of benzene rings is 1. The molecule has 0 aliphatic heterocycles. The minimum absolute atomic E-state index is 0.179. The summed E-state index contributed by atoms with van der Waals surface area (Å²) < 4.78 is 1.42. The number of hydrogen-bond donors (Lipinski definition) is 1. The minimum atomic E-state index is -1.18. The monoisotopic (exact) mass is 260 g/mol. The number of nitro groups is 1. The van der Waals surface area contributed by atoms with Gasteiger partial charge in [-0.25, -0.2) is 14.5 Å². The zero-order valence-electron chi connectivity index (χ0n) is 9.50. The Hall–Kier alpha value is -3.03. The van der Waals surface area contributed by atoms with Gasteiger partial charge in [0.05, 0.1) is 16.2 Å². The van der Waals surface area contributed by atoms with Crippen LogP contribution in [0, 0.1) is 10.1 Å². The highest BCUT2D eigenvalue weighted by Gasteiger charge is 2.13. The van der Waals surface area contributed by atoms with E-state index in [-0.39, 0.29) is 11.3 Å². The number of carbonyl (C=O) groups is 1. The predicted octanol–water partition coefficient (Wildman–Crippen LogP) is 1.27. The quantitative estimate of drug-likeness (QED) is 0.503. The summed E-state index contributed by atoms with van der Waals surface area (Å²) in [5, 5.41) is 23.3.